The Bertz CT molecular complexity index is 627. The van der Waals surface area contributed by atoms with Crippen LogP contribution in [0.4, 0.5) is 5.69 Å². The Balaban J connectivity index is 0.00000147. The number of pyridine rings is 1. The van der Waals surface area contributed by atoms with E-state index in [1.807, 2.05) is 19.1 Å². The van der Waals surface area contributed by atoms with Crippen LogP contribution in [0.1, 0.15) is 5.69 Å². The van der Waals surface area contributed by atoms with Gasteiger partial charge in [-0.1, -0.05) is 23.7 Å². The fourth-order valence-corrected chi connectivity index (χ4v) is 3.24. The zero-order chi connectivity index (χ0) is 13.4. The standard InChI is InChI=1S/C14H15BrClN3.ClH/c1-9-12(16)14(19-7-5-17-6-8-19)10-3-2-4-11(15)13(10)18-9;/h2-4,17H,5-8H2,1H3;1H. The van der Waals surface area contributed by atoms with Crippen molar-refractivity contribution in [1.82, 2.24) is 10.3 Å². The van der Waals surface area contributed by atoms with E-state index in [0.717, 1.165) is 58.0 Å². The number of aromatic nitrogens is 1. The van der Waals surface area contributed by atoms with E-state index in [4.69, 9.17) is 11.6 Å². The van der Waals surface area contributed by atoms with Gasteiger partial charge >= 0.3 is 0 Å². The molecule has 2 heterocycles. The third-order valence-electron chi connectivity index (χ3n) is 3.48. The zero-order valence-corrected chi connectivity index (χ0v) is 14.3. The number of nitrogens with one attached hydrogen (secondary N) is 1. The molecule has 6 heteroatoms. The number of para-hydroxylation sites is 1. The second-order valence-corrected chi connectivity index (χ2v) is 5.97. The molecule has 1 aliphatic heterocycles. The number of hydrogen-bond donors (Lipinski definition) is 1. The molecule has 3 nitrogen and oxygen atoms in total. The van der Waals surface area contributed by atoms with Crippen LogP contribution in [0.5, 0.6) is 0 Å². The molecule has 0 radical (unpaired) electrons. The molecule has 1 aromatic carbocycles. The highest BCUT2D eigenvalue weighted by Crippen LogP contribution is 2.37. The van der Waals surface area contributed by atoms with Crippen LogP contribution in [-0.2, 0) is 0 Å². The molecule has 0 aliphatic carbocycles. The van der Waals surface area contributed by atoms with Crippen molar-refractivity contribution in [2.24, 2.45) is 0 Å². The lowest BCUT2D eigenvalue weighted by Crippen LogP contribution is -2.43. The number of halogens is 3. The first-order valence-electron chi connectivity index (χ1n) is 6.38. The molecule has 0 bridgehead atoms. The van der Waals surface area contributed by atoms with E-state index < -0.39 is 0 Å². The molecule has 1 N–H and O–H groups in total. The second-order valence-electron chi connectivity index (χ2n) is 4.73. The number of anilines is 1. The van der Waals surface area contributed by atoms with Gasteiger partial charge in [0.05, 0.1) is 21.9 Å². The minimum atomic E-state index is 0. The van der Waals surface area contributed by atoms with Gasteiger partial charge in [-0.25, -0.2) is 0 Å². The molecule has 1 aromatic heterocycles. The molecule has 0 unspecified atom stereocenters. The maximum atomic E-state index is 6.52. The van der Waals surface area contributed by atoms with Gasteiger partial charge in [-0.05, 0) is 28.9 Å². The number of hydrogen-bond acceptors (Lipinski definition) is 3. The van der Waals surface area contributed by atoms with E-state index in [-0.39, 0.29) is 12.4 Å². The average Bonchev–Trinajstić information content (AvgIpc) is 2.42. The molecule has 1 fully saturated rings. The normalized spacial score (nSPS) is 15.2. The maximum absolute atomic E-state index is 6.52. The molecule has 108 valence electrons. The van der Waals surface area contributed by atoms with Crippen LogP contribution in [0.15, 0.2) is 22.7 Å². The minimum Gasteiger partial charge on any atom is -0.367 e. The highest BCUT2D eigenvalue weighted by Gasteiger charge is 2.19. The molecular formula is C14H16BrCl2N3. The van der Waals surface area contributed by atoms with Crippen LogP contribution in [0.3, 0.4) is 0 Å². The molecule has 0 spiro atoms. The van der Waals surface area contributed by atoms with Crippen molar-refractivity contribution in [3.05, 3.63) is 33.4 Å². The Kier molecular flexibility index (Phi) is 5.13. The zero-order valence-electron chi connectivity index (χ0n) is 11.1. The molecule has 20 heavy (non-hydrogen) atoms. The smallest absolute Gasteiger partial charge is 0.0869 e. The van der Waals surface area contributed by atoms with E-state index in [0.29, 0.717) is 0 Å². The third kappa shape index (κ3) is 2.75. The van der Waals surface area contributed by atoms with Gasteiger partial charge in [-0.2, -0.15) is 0 Å². The van der Waals surface area contributed by atoms with Gasteiger partial charge in [0, 0.05) is 36.0 Å². The first-order chi connectivity index (χ1) is 9.18. The fraction of sp³-hybridized carbons (Fsp3) is 0.357. The maximum Gasteiger partial charge on any atom is 0.0869 e. The lowest BCUT2D eigenvalue weighted by Gasteiger charge is -2.31. The number of benzene rings is 1. The first kappa shape index (κ1) is 15.8. The van der Waals surface area contributed by atoms with Gasteiger partial charge in [0.1, 0.15) is 0 Å². The van der Waals surface area contributed by atoms with E-state index in [1.54, 1.807) is 0 Å². The Morgan fingerprint density at radius 1 is 1.30 bits per heavy atom. The molecule has 2 aromatic rings. The van der Waals surface area contributed by atoms with E-state index in [9.17, 15) is 0 Å². The van der Waals surface area contributed by atoms with Crippen LogP contribution < -0.4 is 10.2 Å². The van der Waals surface area contributed by atoms with Crippen molar-refractivity contribution in [1.29, 1.82) is 0 Å². The Labute approximate surface area is 138 Å². The van der Waals surface area contributed by atoms with E-state index >= 15 is 0 Å². The predicted octanol–water partition coefficient (Wildman–Crippen LogP) is 3.79. The second kappa shape index (κ2) is 6.48. The van der Waals surface area contributed by atoms with Crippen LogP contribution >= 0.6 is 39.9 Å². The summed E-state index contributed by atoms with van der Waals surface area (Å²) in [4.78, 5) is 6.96. The van der Waals surface area contributed by atoms with E-state index in [1.165, 1.54) is 0 Å². The number of aryl methyl sites for hydroxylation is 1. The third-order valence-corrected chi connectivity index (χ3v) is 4.57. The van der Waals surface area contributed by atoms with Gasteiger partial charge < -0.3 is 10.2 Å². The highest BCUT2D eigenvalue weighted by molar-refractivity contribution is 9.10. The fourth-order valence-electron chi connectivity index (χ4n) is 2.52. The summed E-state index contributed by atoms with van der Waals surface area (Å²) >= 11 is 10.1. The summed E-state index contributed by atoms with van der Waals surface area (Å²) in [7, 11) is 0. The summed E-state index contributed by atoms with van der Waals surface area (Å²) in [5.74, 6) is 0. The Morgan fingerprint density at radius 3 is 2.70 bits per heavy atom. The van der Waals surface area contributed by atoms with Gasteiger partial charge in [0.2, 0.25) is 0 Å². The van der Waals surface area contributed by atoms with Crippen molar-refractivity contribution in [2.75, 3.05) is 31.1 Å². The number of nitrogens with zero attached hydrogens (tertiary/aromatic N) is 2. The number of fused-ring (bicyclic) bond motifs is 1. The van der Waals surface area contributed by atoms with Gasteiger partial charge in [-0.15, -0.1) is 12.4 Å². The van der Waals surface area contributed by atoms with Crippen molar-refractivity contribution in [3.8, 4) is 0 Å². The van der Waals surface area contributed by atoms with Gasteiger partial charge in [-0.3, -0.25) is 4.98 Å². The molecule has 0 atom stereocenters. The monoisotopic (exact) mass is 375 g/mol. The minimum absolute atomic E-state index is 0. The Morgan fingerprint density at radius 2 is 2.00 bits per heavy atom. The van der Waals surface area contributed by atoms with Crippen molar-refractivity contribution < 1.29 is 0 Å². The topological polar surface area (TPSA) is 28.2 Å². The van der Waals surface area contributed by atoms with Crippen molar-refractivity contribution in [2.45, 2.75) is 6.92 Å². The van der Waals surface area contributed by atoms with Crippen LogP contribution in [-0.4, -0.2) is 31.2 Å². The summed E-state index contributed by atoms with van der Waals surface area (Å²) in [5.41, 5.74) is 2.99. The molecule has 3 rings (SSSR count). The Hall–Kier alpha value is -0.550. The highest BCUT2D eigenvalue weighted by atomic mass is 79.9. The number of rotatable bonds is 1. The quantitative estimate of drug-likeness (QED) is 0.820. The van der Waals surface area contributed by atoms with Crippen LogP contribution in [0, 0.1) is 6.92 Å². The summed E-state index contributed by atoms with van der Waals surface area (Å²) < 4.78 is 1.01. The lowest BCUT2D eigenvalue weighted by molar-refractivity contribution is 0.590. The van der Waals surface area contributed by atoms with Gasteiger partial charge in [0.15, 0.2) is 0 Å². The van der Waals surface area contributed by atoms with Crippen LogP contribution in [0.25, 0.3) is 10.9 Å². The van der Waals surface area contributed by atoms with Gasteiger partial charge in [0.25, 0.3) is 0 Å². The molecule has 0 amide bonds. The van der Waals surface area contributed by atoms with Crippen molar-refractivity contribution in [3.63, 3.8) is 0 Å². The molecule has 1 aliphatic rings. The predicted molar refractivity (Wildman–Crippen MR) is 91.5 cm³/mol. The largest absolute Gasteiger partial charge is 0.367 e. The lowest BCUT2D eigenvalue weighted by atomic mass is 10.1. The summed E-state index contributed by atoms with van der Waals surface area (Å²) in [6, 6.07) is 6.14. The van der Waals surface area contributed by atoms with Crippen LogP contribution in [0.2, 0.25) is 5.02 Å². The van der Waals surface area contributed by atoms with E-state index in [2.05, 4.69) is 37.2 Å². The average molecular weight is 377 g/mol. The molecular weight excluding hydrogens is 361 g/mol. The summed E-state index contributed by atoms with van der Waals surface area (Å²) in [6.07, 6.45) is 0. The SMILES string of the molecule is Cc1nc2c(Br)cccc2c(N2CCNCC2)c1Cl.Cl. The summed E-state index contributed by atoms with van der Waals surface area (Å²) in [6.45, 7) is 5.91. The summed E-state index contributed by atoms with van der Waals surface area (Å²) in [5, 5.41) is 5.26. The van der Waals surface area contributed by atoms with Crippen molar-refractivity contribution >= 4 is 56.5 Å². The molecule has 0 saturated carbocycles. The molecule has 1 saturated heterocycles. The number of piperazine rings is 1. The first-order valence-corrected chi connectivity index (χ1v) is 7.55.